The smallest absolute Gasteiger partial charge is 0.252 e. The fraction of sp³-hybridized carbons (Fsp3) is 0.391. The Morgan fingerprint density at radius 1 is 1.21 bits per heavy atom. The minimum absolute atomic E-state index is 0.191. The largest absolute Gasteiger partial charge is 0.381 e. The van der Waals surface area contributed by atoms with Crippen LogP contribution in [-0.2, 0) is 13.0 Å². The lowest BCUT2D eigenvalue weighted by molar-refractivity contribution is 0.100. The van der Waals surface area contributed by atoms with Crippen molar-refractivity contribution in [3.8, 4) is 0 Å². The standard InChI is InChI=1S/C23H25FN4O/c24-15-6-4-14(5-7-15)13-28-17-8-9-18(28)11-16(10-17)27-22-19-2-1-3-21(19)26-12-20(22)23(25)29/h1-2,4-7,12,16-18H,3,8-11,13H2,(H2,25,29)(H,26,27)/t16?,17-,18+. The van der Waals surface area contributed by atoms with E-state index in [0.717, 1.165) is 48.3 Å². The van der Waals surface area contributed by atoms with E-state index in [1.165, 1.54) is 25.0 Å². The number of hydrogen-bond acceptors (Lipinski definition) is 4. The van der Waals surface area contributed by atoms with Crippen LogP contribution in [0.3, 0.4) is 0 Å². The normalized spacial score (nSPS) is 25.2. The molecule has 2 fully saturated rings. The number of hydrogen-bond donors (Lipinski definition) is 2. The molecule has 150 valence electrons. The maximum Gasteiger partial charge on any atom is 0.252 e. The van der Waals surface area contributed by atoms with Gasteiger partial charge in [-0.05, 0) is 43.4 Å². The Labute approximate surface area is 169 Å². The van der Waals surface area contributed by atoms with E-state index >= 15 is 0 Å². The molecular weight excluding hydrogens is 367 g/mol. The molecule has 0 radical (unpaired) electrons. The highest BCUT2D eigenvalue weighted by atomic mass is 19.1. The number of rotatable bonds is 5. The molecule has 2 aliphatic heterocycles. The molecule has 1 aromatic carbocycles. The minimum Gasteiger partial charge on any atom is -0.381 e. The third-order valence-corrected chi connectivity index (χ3v) is 6.57. The number of fused-ring (bicyclic) bond motifs is 3. The molecule has 3 atom stereocenters. The Hall–Kier alpha value is -2.73. The molecule has 3 heterocycles. The van der Waals surface area contributed by atoms with Crippen LogP contribution in [0.25, 0.3) is 6.08 Å². The zero-order valence-corrected chi connectivity index (χ0v) is 16.3. The number of nitrogens with one attached hydrogen (secondary N) is 1. The number of pyridine rings is 1. The molecule has 2 aromatic rings. The second-order valence-corrected chi connectivity index (χ2v) is 8.37. The van der Waals surface area contributed by atoms with Crippen LogP contribution in [0, 0.1) is 5.82 Å². The molecule has 1 unspecified atom stereocenters. The highest BCUT2D eigenvalue weighted by Gasteiger charge is 2.41. The molecule has 5 rings (SSSR count). The van der Waals surface area contributed by atoms with E-state index in [-0.39, 0.29) is 5.82 Å². The van der Waals surface area contributed by atoms with Crippen LogP contribution in [0.15, 0.2) is 36.5 Å². The monoisotopic (exact) mass is 392 g/mol. The summed E-state index contributed by atoms with van der Waals surface area (Å²) in [5.74, 6) is -0.636. The Bertz CT molecular complexity index is 958. The average Bonchev–Trinajstić information content (AvgIpc) is 3.26. The van der Waals surface area contributed by atoms with Crippen molar-refractivity contribution in [2.75, 3.05) is 5.32 Å². The number of halogens is 1. The molecule has 29 heavy (non-hydrogen) atoms. The maximum absolute atomic E-state index is 13.2. The Balaban J connectivity index is 1.33. The maximum atomic E-state index is 13.2. The zero-order valence-electron chi connectivity index (χ0n) is 16.3. The highest BCUT2D eigenvalue weighted by Crippen LogP contribution is 2.39. The number of benzene rings is 1. The summed E-state index contributed by atoms with van der Waals surface area (Å²) in [6, 6.07) is 8.13. The quantitative estimate of drug-likeness (QED) is 0.817. The van der Waals surface area contributed by atoms with E-state index in [0.29, 0.717) is 23.7 Å². The topological polar surface area (TPSA) is 71.2 Å². The number of aromatic nitrogens is 1. The van der Waals surface area contributed by atoms with Gasteiger partial charge in [-0.15, -0.1) is 0 Å². The van der Waals surface area contributed by atoms with E-state index in [4.69, 9.17) is 5.73 Å². The predicted molar refractivity (Wildman–Crippen MR) is 111 cm³/mol. The lowest BCUT2D eigenvalue weighted by atomic mass is 9.95. The van der Waals surface area contributed by atoms with Gasteiger partial charge in [0.15, 0.2) is 0 Å². The van der Waals surface area contributed by atoms with Crippen molar-refractivity contribution in [2.45, 2.75) is 56.8 Å². The van der Waals surface area contributed by atoms with Crippen molar-refractivity contribution in [3.05, 3.63) is 64.7 Å². The van der Waals surface area contributed by atoms with Gasteiger partial charge in [0, 0.05) is 42.9 Å². The second-order valence-electron chi connectivity index (χ2n) is 8.37. The number of nitrogens with zero attached hydrogens (tertiary/aromatic N) is 2. The number of amides is 1. The first-order valence-electron chi connectivity index (χ1n) is 10.3. The second kappa shape index (κ2) is 7.26. The molecule has 1 aromatic heterocycles. The van der Waals surface area contributed by atoms with Crippen molar-refractivity contribution >= 4 is 17.7 Å². The van der Waals surface area contributed by atoms with Gasteiger partial charge in [-0.1, -0.05) is 24.3 Å². The third-order valence-electron chi connectivity index (χ3n) is 6.57. The van der Waals surface area contributed by atoms with E-state index in [2.05, 4.69) is 21.3 Å². The van der Waals surface area contributed by atoms with E-state index in [1.807, 2.05) is 18.2 Å². The molecule has 2 bridgehead atoms. The van der Waals surface area contributed by atoms with Crippen molar-refractivity contribution in [3.63, 3.8) is 0 Å². The fourth-order valence-corrected chi connectivity index (χ4v) is 5.19. The van der Waals surface area contributed by atoms with Gasteiger partial charge in [-0.3, -0.25) is 14.7 Å². The van der Waals surface area contributed by atoms with Gasteiger partial charge in [0.2, 0.25) is 0 Å². The van der Waals surface area contributed by atoms with Crippen LogP contribution in [0.4, 0.5) is 10.1 Å². The molecule has 0 spiro atoms. The van der Waals surface area contributed by atoms with Gasteiger partial charge in [0.25, 0.3) is 5.91 Å². The summed E-state index contributed by atoms with van der Waals surface area (Å²) in [7, 11) is 0. The van der Waals surface area contributed by atoms with Crippen molar-refractivity contribution in [2.24, 2.45) is 5.73 Å². The summed E-state index contributed by atoms with van der Waals surface area (Å²) < 4.78 is 13.2. The van der Waals surface area contributed by atoms with Gasteiger partial charge in [-0.2, -0.15) is 0 Å². The molecular formula is C23H25FN4O. The summed E-state index contributed by atoms with van der Waals surface area (Å²) in [6.45, 7) is 0.863. The number of anilines is 1. The SMILES string of the molecule is NC(=O)c1cnc2c(c1NC1C[C@H]3CC[C@@H](C1)N3Cc1ccc(F)cc1)C=CC2. The molecule has 3 N–H and O–H groups in total. The molecule has 6 heteroatoms. The van der Waals surface area contributed by atoms with Crippen molar-refractivity contribution < 1.29 is 9.18 Å². The first-order valence-corrected chi connectivity index (χ1v) is 10.3. The Morgan fingerprint density at radius 3 is 2.62 bits per heavy atom. The number of carbonyl (C=O) groups is 1. The number of allylic oxidation sites excluding steroid dienone is 1. The average molecular weight is 392 g/mol. The van der Waals surface area contributed by atoms with Crippen LogP contribution in [0.5, 0.6) is 0 Å². The van der Waals surface area contributed by atoms with Crippen LogP contribution < -0.4 is 11.1 Å². The molecule has 1 aliphatic carbocycles. The first-order chi connectivity index (χ1) is 14.1. The van der Waals surface area contributed by atoms with Crippen molar-refractivity contribution in [1.82, 2.24) is 9.88 Å². The predicted octanol–water partition coefficient (Wildman–Crippen LogP) is 3.50. The summed E-state index contributed by atoms with van der Waals surface area (Å²) in [4.78, 5) is 18.9. The van der Waals surface area contributed by atoms with Gasteiger partial charge in [0.05, 0.1) is 16.9 Å². The molecule has 2 saturated heterocycles. The lowest BCUT2D eigenvalue weighted by Gasteiger charge is -2.40. The van der Waals surface area contributed by atoms with Crippen LogP contribution in [-0.4, -0.2) is 33.9 Å². The van der Waals surface area contributed by atoms with E-state index in [9.17, 15) is 9.18 Å². The van der Waals surface area contributed by atoms with Crippen molar-refractivity contribution in [1.29, 1.82) is 0 Å². The summed E-state index contributed by atoms with van der Waals surface area (Å²) in [5.41, 5.74) is 10.1. The summed E-state index contributed by atoms with van der Waals surface area (Å²) >= 11 is 0. The zero-order chi connectivity index (χ0) is 20.0. The van der Waals surface area contributed by atoms with Crippen LogP contribution in [0.1, 0.15) is 52.9 Å². The third kappa shape index (κ3) is 3.42. The number of primary amides is 1. The Morgan fingerprint density at radius 2 is 1.93 bits per heavy atom. The number of carbonyl (C=O) groups excluding carboxylic acids is 1. The van der Waals surface area contributed by atoms with E-state index < -0.39 is 5.91 Å². The van der Waals surface area contributed by atoms with Gasteiger partial charge in [0.1, 0.15) is 5.82 Å². The molecule has 5 nitrogen and oxygen atoms in total. The lowest BCUT2D eigenvalue weighted by Crippen LogP contribution is -2.46. The van der Waals surface area contributed by atoms with Gasteiger partial charge >= 0.3 is 0 Å². The Kier molecular flexibility index (Phi) is 4.59. The fourth-order valence-electron chi connectivity index (χ4n) is 5.19. The first kappa shape index (κ1) is 18.3. The molecule has 1 amide bonds. The molecule has 3 aliphatic rings. The van der Waals surface area contributed by atoms with Crippen LogP contribution >= 0.6 is 0 Å². The number of nitrogens with two attached hydrogens (primary N) is 1. The van der Waals surface area contributed by atoms with Gasteiger partial charge in [-0.25, -0.2) is 4.39 Å². The summed E-state index contributed by atoms with van der Waals surface area (Å²) in [5, 5.41) is 3.66. The molecule has 0 saturated carbocycles. The minimum atomic E-state index is -0.445. The van der Waals surface area contributed by atoms with Crippen LogP contribution in [0.2, 0.25) is 0 Å². The van der Waals surface area contributed by atoms with E-state index in [1.54, 1.807) is 6.20 Å². The highest BCUT2D eigenvalue weighted by molar-refractivity contribution is 6.00. The number of piperidine rings is 1. The summed E-state index contributed by atoms with van der Waals surface area (Å²) in [6.07, 6.45) is 10.9. The van der Waals surface area contributed by atoms with Gasteiger partial charge < -0.3 is 11.1 Å².